The van der Waals surface area contributed by atoms with E-state index in [1.807, 2.05) is 24.3 Å². The van der Waals surface area contributed by atoms with E-state index < -0.39 is 0 Å². The smallest absolute Gasteiger partial charge is 0.262 e. The lowest BCUT2D eigenvalue weighted by molar-refractivity contribution is -0.118. The Kier molecular flexibility index (Phi) is 4.01. The molecular formula is C19H20N2O3. The van der Waals surface area contributed by atoms with E-state index in [4.69, 9.17) is 4.74 Å². The van der Waals surface area contributed by atoms with Crippen molar-refractivity contribution in [1.82, 2.24) is 0 Å². The molecule has 0 aromatic heterocycles. The third-order valence-electron chi connectivity index (χ3n) is 3.86. The molecule has 0 fully saturated rings. The Morgan fingerprint density at radius 1 is 1.12 bits per heavy atom. The molecule has 24 heavy (non-hydrogen) atoms. The van der Waals surface area contributed by atoms with Gasteiger partial charge in [0.15, 0.2) is 12.4 Å². The lowest BCUT2D eigenvalue weighted by atomic mass is 9.86. The van der Waals surface area contributed by atoms with Gasteiger partial charge in [0.05, 0.1) is 11.3 Å². The molecular weight excluding hydrogens is 304 g/mol. The van der Waals surface area contributed by atoms with Crippen LogP contribution in [-0.2, 0) is 10.2 Å². The molecule has 0 radical (unpaired) electrons. The van der Waals surface area contributed by atoms with E-state index in [1.54, 1.807) is 18.2 Å². The quantitative estimate of drug-likeness (QED) is 0.887. The molecule has 0 aliphatic carbocycles. The molecule has 124 valence electrons. The number of para-hydroxylation sites is 2. The summed E-state index contributed by atoms with van der Waals surface area (Å²) in [4.78, 5) is 24.2. The van der Waals surface area contributed by atoms with Crippen LogP contribution in [0.1, 0.15) is 36.7 Å². The molecule has 0 atom stereocenters. The molecule has 0 unspecified atom stereocenters. The lowest BCUT2D eigenvalue weighted by Gasteiger charge is -2.24. The number of benzene rings is 2. The number of ether oxygens (including phenoxy) is 1. The fourth-order valence-electron chi connectivity index (χ4n) is 2.73. The highest BCUT2D eigenvalue weighted by Crippen LogP contribution is 2.33. The van der Waals surface area contributed by atoms with Gasteiger partial charge in [0.1, 0.15) is 0 Å². The van der Waals surface area contributed by atoms with Crippen LogP contribution >= 0.6 is 0 Å². The van der Waals surface area contributed by atoms with Gasteiger partial charge in [0.25, 0.3) is 11.8 Å². The van der Waals surface area contributed by atoms with E-state index in [-0.39, 0.29) is 23.8 Å². The van der Waals surface area contributed by atoms with Gasteiger partial charge in [-0.2, -0.15) is 0 Å². The first-order valence-corrected chi connectivity index (χ1v) is 7.83. The first kappa shape index (κ1) is 16.1. The van der Waals surface area contributed by atoms with E-state index in [9.17, 15) is 9.59 Å². The summed E-state index contributed by atoms with van der Waals surface area (Å²) in [5.41, 5.74) is 2.65. The van der Waals surface area contributed by atoms with Crippen molar-refractivity contribution in [2.75, 3.05) is 17.2 Å². The molecule has 2 aromatic carbocycles. The van der Waals surface area contributed by atoms with E-state index in [0.29, 0.717) is 17.0 Å². The fraction of sp³-hybridized carbons (Fsp3) is 0.263. The maximum absolute atomic E-state index is 12.7. The number of fused-ring (bicyclic) bond motifs is 1. The monoisotopic (exact) mass is 324 g/mol. The molecule has 1 aliphatic rings. The Morgan fingerprint density at radius 2 is 1.88 bits per heavy atom. The second-order valence-electron chi connectivity index (χ2n) is 6.77. The topological polar surface area (TPSA) is 67.4 Å². The van der Waals surface area contributed by atoms with Crippen LogP contribution < -0.4 is 15.4 Å². The normalized spacial score (nSPS) is 13.5. The zero-order valence-corrected chi connectivity index (χ0v) is 14.0. The molecule has 0 bridgehead atoms. The van der Waals surface area contributed by atoms with Crippen LogP contribution in [-0.4, -0.2) is 18.4 Å². The predicted octanol–water partition coefficient (Wildman–Crippen LogP) is 3.57. The Morgan fingerprint density at radius 3 is 2.62 bits per heavy atom. The number of hydrogen-bond donors (Lipinski definition) is 2. The Balaban J connectivity index is 1.93. The van der Waals surface area contributed by atoms with Gasteiger partial charge in [-0.15, -0.1) is 0 Å². The highest BCUT2D eigenvalue weighted by Gasteiger charge is 2.24. The summed E-state index contributed by atoms with van der Waals surface area (Å²) >= 11 is 0. The summed E-state index contributed by atoms with van der Waals surface area (Å²) < 4.78 is 5.45. The Hall–Kier alpha value is -2.82. The molecule has 2 amide bonds. The molecule has 3 rings (SSSR count). The molecule has 5 nitrogen and oxygen atoms in total. The van der Waals surface area contributed by atoms with Crippen LogP contribution in [0.3, 0.4) is 0 Å². The maximum atomic E-state index is 12.7. The van der Waals surface area contributed by atoms with Crippen molar-refractivity contribution in [3.63, 3.8) is 0 Å². The fourth-order valence-corrected chi connectivity index (χ4v) is 2.73. The molecule has 2 N–H and O–H groups in total. The summed E-state index contributed by atoms with van der Waals surface area (Å²) in [7, 11) is 0. The van der Waals surface area contributed by atoms with E-state index >= 15 is 0 Å². The third kappa shape index (κ3) is 3.11. The molecule has 2 aromatic rings. The standard InChI is InChI=1S/C19H20N2O3/c1-19(2,3)13-8-4-5-9-14(13)21-18(23)12-7-6-10-15-17(12)24-11-16(22)20-15/h4-10H,11H2,1-3H3,(H,20,22)(H,21,23). The third-order valence-corrected chi connectivity index (χ3v) is 3.86. The van der Waals surface area contributed by atoms with Crippen LogP contribution in [0, 0.1) is 0 Å². The van der Waals surface area contributed by atoms with E-state index in [1.165, 1.54) is 0 Å². The van der Waals surface area contributed by atoms with Gasteiger partial charge in [0, 0.05) is 5.69 Å². The number of carbonyl (C=O) groups is 2. The SMILES string of the molecule is CC(C)(C)c1ccccc1NC(=O)c1cccc2c1OCC(=O)N2. The zero-order chi connectivity index (χ0) is 17.3. The van der Waals surface area contributed by atoms with Gasteiger partial charge >= 0.3 is 0 Å². The number of amides is 2. The van der Waals surface area contributed by atoms with Crippen LogP contribution in [0.2, 0.25) is 0 Å². The van der Waals surface area contributed by atoms with Crippen molar-refractivity contribution in [2.45, 2.75) is 26.2 Å². The first-order chi connectivity index (χ1) is 11.4. The van der Waals surface area contributed by atoms with Gasteiger partial charge in [-0.3, -0.25) is 9.59 Å². The van der Waals surface area contributed by atoms with Gasteiger partial charge < -0.3 is 15.4 Å². The number of carbonyl (C=O) groups excluding carboxylic acids is 2. The highest BCUT2D eigenvalue weighted by molar-refractivity contribution is 6.09. The van der Waals surface area contributed by atoms with Gasteiger partial charge in [-0.25, -0.2) is 0 Å². The van der Waals surface area contributed by atoms with Crippen molar-refractivity contribution in [1.29, 1.82) is 0 Å². The summed E-state index contributed by atoms with van der Waals surface area (Å²) in [6, 6.07) is 12.9. The molecule has 1 heterocycles. The van der Waals surface area contributed by atoms with Crippen molar-refractivity contribution < 1.29 is 14.3 Å². The highest BCUT2D eigenvalue weighted by atomic mass is 16.5. The molecule has 0 saturated carbocycles. The maximum Gasteiger partial charge on any atom is 0.262 e. The summed E-state index contributed by atoms with van der Waals surface area (Å²) in [5, 5.41) is 5.67. The molecule has 0 spiro atoms. The van der Waals surface area contributed by atoms with Crippen molar-refractivity contribution in [2.24, 2.45) is 0 Å². The minimum atomic E-state index is -0.264. The Bertz CT molecular complexity index is 806. The van der Waals surface area contributed by atoms with Gasteiger partial charge in [-0.05, 0) is 29.2 Å². The average Bonchev–Trinajstić information content (AvgIpc) is 2.53. The minimum absolute atomic E-state index is 0.0874. The molecule has 0 saturated heterocycles. The zero-order valence-electron chi connectivity index (χ0n) is 14.0. The second-order valence-corrected chi connectivity index (χ2v) is 6.77. The molecule has 5 heteroatoms. The lowest BCUT2D eigenvalue weighted by Crippen LogP contribution is -2.27. The van der Waals surface area contributed by atoms with Gasteiger partial charge in [0.2, 0.25) is 0 Å². The van der Waals surface area contributed by atoms with Crippen molar-refractivity contribution in [3.8, 4) is 5.75 Å². The first-order valence-electron chi connectivity index (χ1n) is 7.83. The number of nitrogens with one attached hydrogen (secondary N) is 2. The van der Waals surface area contributed by atoms with Crippen LogP contribution in [0.15, 0.2) is 42.5 Å². The average molecular weight is 324 g/mol. The number of hydrogen-bond acceptors (Lipinski definition) is 3. The van der Waals surface area contributed by atoms with Crippen LogP contribution in [0.25, 0.3) is 0 Å². The largest absolute Gasteiger partial charge is 0.481 e. The van der Waals surface area contributed by atoms with E-state index in [2.05, 4.69) is 31.4 Å². The predicted molar refractivity (Wildman–Crippen MR) is 93.7 cm³/mol. The summed E-state index contributed by atoms with van der Waals surface area (Å²) in [5.74, 6) is -0.0827. The van der Waals surface area contributed by atoms with Crippen molar-refractivity contribution in [3.05, 3.63) is 53.6 Å². The van der Waals surface area contributed by atoms with Gasteiger partial charge in [-0.1, -0.05) is 45.0 Å². The summed E-state index contributed by atoms with van der Waals surface area (Å²) in [6.07, 6.45) is 0. The summed E-state index contributed by atoms with van der Waals surface area (Å²) in [6.45, 7) is 6.21. The van der Waals surface area contributed by atoms with Crippen LogP contribution in [0.4, 0.5) is 11.4 Å². The second kappa shape index (κ2) is 6.00. The number of rotatable bonds is 2. The van der Waals surface area contributed by atoms with Crippen LogP contribution in [0.5, 0.6) is 5.75 Å². The van der Waals surface area contributed by atoms with E-state index in [0.717, 1.165) is 11.3 Å². The molecule has 1 aliphatic heterocycles. The number of anilines is 2. The van der Waals surface area contributed by atoms with Crippen molar-refractivity contribution >= 4 is 23.2 Å². The Labute approximate surface area is 141 Å². The minimum Gasteiger partial charge on any atom is -0.481 e.